The molecule has 0 radical (unpaired) electrons. The maximum atomic E-state index is 12.3. The Kier molecular flexibility index (Phi) is 8.29. The summed E-state index contributed by atoms with van der Waals surface area (Å²) in [5.41, 5.74) is 2.15. The summed E-state index contributed by atoms with van der Waals surface area (Å²) >= 11 is 0. The zero-order chi connectivity index (χ0) is 22.2. The summed E-state index contributed by atoms with van der Waals surface area (Å²) in [6.07, 6.45) is 5.59. The molecule has 2 aromatic rings. The molecule has 1 amide bonds. The lowest BCUT2D eigenvalue weighted by molar-refractivity contribution is -0.137. The normalized spacial score (nSPS) is 17.3. The molecule has 1 fully saturated rings. The van der Waals surface area contributed by atoms with Gasteiger partial charge in [-0.2, -0.15) is 0 Å². The van der Waals surface area contributed by atoms with Gasteiger partial charge < -0.3 is 19.5 Å². The number of hydrogen-bond donors (Lipinski definition) is 2. The number of hydrogen-bond acceptors (Lipinski definition) is 4. The topological polar surface area (TPSA) is 91.0 Å². The minimum Gasteiger partial charge on any atom is -0.481 e. The number of aryl methyl sites for hydroxylation is 1. The molecule has 0 spiro atoms. The molecular formula is C25H33NO5. The molecule has 168 valence electrons. The van der Waals surface area contributed by atoms with Crippen LogP contribution in [-0.4, -0.2) is 39.6 Å². The van der Waals surface area contributed by atoms with E-state index in [0.717, 1.165) is 49.0 Å². The molecule has 1 aliphatic heterocycles. The first-order chi connectivity index (χ1) is 15.0. The van der Waals surface area contributed by atoms with Crippen molar-refractivity contribution in [1.29, 1.82) is 0 Å². The molecule has 31 heavy (non-hydrogen) atoms. The van der Waals surface area contributed by atoms with Crippen molar-refractivity contribution in [3.8, 4) is 11.3 Å². The summed E-state index contributed by atoms with van der Waals surface area (Å²) in [6, 6.07) is 11.9. The zero-order valence-electron chi connectivity index (χ0n) is 18.3. The predicted molar refractivity (Wildman–Crippen MR) is 119 cm³/mol. The molecule has 1 unspecified atom stereocenters. The number of nitrogens with zero attached hydrogens (tertiary/aromatic N) is 1. The van der Waals surface area contributed by atoms with E-state index in [4.69, 9.17) is 9.52 Å². The summed E-state index contributed by atoms with van der Waals surface area (Å²) in [5, 5.41) is 19.3. The van der Waals surface area contributed by atoms with Crippen LogP contribution < -0.4 is 0 Å². The average molecular weight is 428 g/mol. The van der Waals surface area contributed by atoms with Crippen molar-refractivity contribution >= 4 is 11.9 Å². The molecule has 1 saturated heterocycles. The standard InChI is InChI=1S/C25H33NO5/c1-18-8-5-6-9-20(18)22-14-15-23(31-22)21(27)13-11-19-12-16-24(28)26(19)17-7-3-2-4-10-25(29)30/h5-6,8-9,14-15,19,21,27H,2-4,7,10-13,16-17H2,1H3,(H,29,30)/t19?,21-/m0/s1. The number of aliphatic carboxylic acids is 1. The molecule has 1 aliphatic rings. The Hall–Kier alpha value is -2.60. The first-order valence-electron chi connectivity index (χ1n) is 11.3. The van der Waals surface area contributed by atoms with E-state index in [0.29, 0.717) is 31.6 Å². The van der Waals surface area contributed by atoms with Gasteiger partial charge in [0.2, 0.25) is 5.91 Å². The van der Waals surface area contributed by atoms with Crippen LogP contribution in [0, 0.1) is 6.92 Å². The number of carbonyl (C=O) groups is 2. The maximum absolute atomic E-state index is 12.3. The fourth-order valence-electron chi connectivity index (χ4n) is 4.33. The van der Waals surface area contributed by atoms with Crippen molar-refractivity contribution < 1.29 is 24.2 Å². The van der Waals surface area contributed by atoms with E-state index in [1.54, 1.807) is 0 Å². The van der Waals surface area contributed by atoms with Crippen LogP contribution in [0.3, 0.4) is 0 Å². The fraction of sp³-hybridized carbons (Fsp3) is 0.520. The van der Waals surface area contributed by atoms with Crippen molar-refractivity contribution in [3.05, 3.63) is 47.7 Å². The summed E-state index contributed by atoms with van der Waals surface area (Å²) in [6.45, 7) is 2.75. The summed E-state index contributed by atoms with van der Waals surface area (Å²) < 4.78 is 5.92. The van der Waals surface area contributed by atoms with Gasteiger partial charge in [-0.25, -0.2) is 0 Å². The van der Waals surface area contributed by atoms with Crippen LogP contribution in [0.1, 0.15) is 75.2 Å². The van der Waals surface area contributed by atoms with Crippen molar-refractivity contribution in [2.75, 3.05) is 6.54 Å². The van der Waals surface area contributed by atoms with Gasteiger partial charge in [0.1, 0.15) is 17.6 Å². The van der Waals surface area contributed by atoms with Crippen LogP contribution in [0.2, 0.25) is 0 Å². The second kappa shape index (κ2) is 11.1. The van der Waals surface area contributed by atoms with Crippen LogP contribution in [0.15, 0.2) is 40.8 Å². The van der Waals surface area contributed by atoms with Crippen LogP contribution in [0.4, 0.5) is 0 Å². The molecule has 3 rings (SSSR count). The third-order valence-electron chi connectivity index (χ3n) is 6.13. The minimum absolute atomic E-state index is 0.159. The Labute approximate surface area is 183 Å². The maximum Gasteiger partial charge on any atom is 0.303 e. The number of furan rings is 1. The molecule has 2 atom stereocenters. The number of carbonyl (C=O) groups excluding carboxylic acids is 1. The molecule has 2 N–H and O–H groups in total. The van der Waals surface area contributed by atoms with Gasteiger partial charge in [0.05, 0.1) is 0 Å². The van der Waals surface area contributed by atoms with E-state index in [1.807, 2.05) is 48.2 Å². The average Bonchev–Trinajstić information content (AvgIpc) is 3.36. The molecular weight excluding hydrogens is 394 g/mol. The number of aliphatic hydroxyl groups excluding tert-OH is 1. The van der Waals surface area contributed by atoms with E-state index in [1.165, 1.54) is 0 Å². The Morgan fingerprint density at radius 1 is 1.16 bits per heavy atom. The van der Waals surface area contributed by atoms with Gasteiger partial charge in [0, 0.05) is 31.0 Å². The van der Waals surface area contributed by atoms with Crippen LogP contribution in [-0.2, 0) is 9.59 Å². The number of benzene rings is 1. The lowest BCUT2D eigenvalue weighted by Gasteiger charge is -2.25. The highest BCUT2D eigenvalue weighted by Gasteiger charge is 2.30. The van der Waals surface area contributed by atoms with Gasteiger partial charge >= 0.3 is 5.97 Å². The van der Waals surface area contributed by atoms with Gasteiger partial charge in [0.25, 0.3) is 0 Å². The summed E-state index contributed by atoms with van der Waals surface area (Å²) in [7, 11) is 0. The van der Waals surface area contributed by atoms with Crippen molar-refractivity contribution in [1.82, 2.24) is 4.90 Å². The lowest BCUT2D eigenvalue weighted by atomic mass is 10.0. The fourth-order valence-corrected chi connectivity index (χ4v) is 4.33. The first kappa shape index (κ1) is 23.1. The Morgan fingerprint density at radius 2 is 1.94 bits per heavy atom. The monoisotopic (exact) mass is 427 g/mol. The number of rotatable bonds is 12. The highest BCUT2D eigenvalue weighted by molar-refractivity contribution is 5.78. The van der Waals surface area contributed by atoms with E-state index >= 15 is 0 Å². The molecule has 6 heteroatoms. The van der Waals surface area contributed by atoms with Gasteiger partial charge in [0.15, 0.2) is 0 Å². The number of unbranched alkanes of at least 4 members (excludes halogenated alkanes) is 3. The number of aliphatic hydroxyl groups is 1. The van der Waals surface area contributed by atoms with E-state index in [2.05, 4.69) is 0 Å². The molecule has 1 aromatic carbocycles. The van der Waals surface area contributed by atoms with Gasteiger partial charge in [-0.1, -0.05) is 37.1 Å². The van der Waals surface area contributed by atoms with E-state index in [9.17, 15) is 14.7 Å². The van der Waals surface area contributed by atoms with Crippen molar-refractivity contribution in [2.45, 2.75) is 76.9 Å². The lowest BCUT2D eigenvalue weighted by Crippen LogP contribution is -2.34. The van der Waals surface area contributed by atoms with Gasteiger partial charge in [-0.05, 0) is 56.7 Å². The van der Waals surface area contributed by atoms with Crippen molar-refractivity contribution in [2.24, 2.45) is 0 Å². The second-order valence-electron chi connectivity index (χ2n) is 8.45. The van der Waals surface area contributed by atoms with Crippen LogP contribution in [0.5, 0.6) is 0 Å². The number of amides is 1. The number of carboxylic acid groups (broad SMARTS) is 1. The molecule has 0 saturated carbocycles. The molecule has 6 nitrogen and oxygen atoms in total. The van der Waals surface area contributed by atoms with Crippen molar-refractivity contribution in [3.63, 3.8) is 0 Å². The molecule has 2 heterocycles. The predicted octanol–water partition coefficient (Wildman–Crippen LogP) is 5.09. The highest BCUT2D eigenvalue weighted by atomic mass is 16.4. The largest absolute Gasteiger partial charge is 0.481 e. The number of carboxylic acids is 1. The quantitative estimate of drug-likeness (QED) is 0.460. The third kappa shape index (κ3) is 6.44. The van der Waals surface area contributed by atoms with E-state index < -0.39 is 12.1 Å². The van der Waals surface area contributed by atoms with Gasteiger partial charge in [-0.3, -0.25) is 9.59 Å². The van der Waals surface area contributed by atoms with E-state index in [-0.39, 0.29) is 18.4 Å². The zero-order valence-corrected chi connectivity index (χ0v) is 18.3. The Balaban J connectivity index is 1.46. The second-order valence-corrected chi connectivity index (χ2v) is 8.45. The summed E-state index contributed by atoms with van der Waals surface area (Å²) in [4.78, 5) is 24.8. The van der Waals surface area contributed by atoms with Crippen LogP contribution >= 0.6 is 0 Å². The SMILES string of the molecule is Cc1ccccc1-c1ccc([C@@H](O)CCC2CCC(=O)N2CCCCCCC(=O)O)o1. The minimum atomic E-state index is -0.754. The van der Waals surface area contributed by atoms with Gasteiger partial charge in [-0.15, -0.1) is 0 Å². The molecule has 0 bridgehead atoms. The third-order valence-corrected chi connectivity index (χ3v) is 6.13. The molecule has 1 aromatic heterocycles. The smallest absolute Gasteiger partial charge is 0.303 e. The Morgan fingerprint density at radius 3 is 2.71 bits per heavy atom. The van der Waals surface area contributed by atoms with Crippen LogP contribution in [0.25, 0.3) is 11.3 Å². The first-order valence-corrected chi connectivity index (χ1v) is 11.3. The highest BCUT2D eigenvalue weighted by Crippen LogP contribution is 2.31. The molecule has 0 aliphatic carbocycles. The number of likely N-dealkylation sites (tertiary alicyclic amines) is 1. The Bertz CT molecular complexity index is 874. The summed E-state index contributed by atoms with van der Waals surface area (Å²) in [5.74, 6) is 0.751.